The molecule has 7 heteroatoms. The van der Waals surface area contributed by atoms with E-state index in [0.717, 1.165) is 21.3 Å². The number of hydrogen-bond donors (Lipinski definition) is 1. The number of fused-ring (bicyclic) bond motifs is 1. The predicted octanol–water partition coefficient (Wildman–Crippen LogP) is 4.68. The van der Waals surface area contributed by atoms with E-state index in [1.54, 1.807) is 11.3 Å². The van der Waals surface area contributed by atoms with E-state index >= 15 is 0 Å². The maximum Gasteiger partial charge on any atom is 0.417 e. The highest BCUT2D eigenvalue weighted by molar-refractivity contribution is 7.18. The van der Waals surface area contributed by atoms with Crippen LogP contribution >= 0.6 is 11.3 Å². The number of rotatable bonds is 5. The summed E-state index contributed by atoms with van der Waals surface area (Å²) < 4.78 is 39.9. The minimum atomic E-state index is -4.55. The Bertz CT molecular complexity index is 856. The summed E-state index contributed by atoms with van der Waals surface area (Å²) in [5.41, 5.74) is -0.334. The Morgan fingerprint density at radius 2 is 1.80 bits per heavy atom. The van der Waals surface area contributed by atoms with Gasteiger partial charge in [-0.2, -0.15) is 13.2 Å². The highest BCUT2D eigenvalue weighted by Gasteiger charge is 2.34. The Morgan fingerprint density at radius 3 is 2.56 bits per heavy atom. The second-order valence-corrected chi connectivity index (χ2v) is 6.59. The number of hydrogen-bond acceptors (Lipinski definition) is 3. The molecule has 0 saturated heterocycles. The molecule has 0 spiro atoms. The molecule has 1 amide bonds. The average molecular weight is 364 g/mol. The van der Waals surface area contributed by atoms with Crippen LogP contribution in [0.15, 0.2) is 48.5 Å². The first kappa shape index (κ1) is 17.4. The fourth-order valence-corrected chi connectivity index (χ4v) is 3.50. The fourth-order valence-electron chi connectivity index (χ4n) is 2.49. The number of alkyl halides is 3. The Kier molecular flexibility index (Phi) is 5.03. The zero-order chi connectivity index (χ0) is 17.9. The standard InChI is InChI=1S/C18H15F3N2OS/c19-18(20,21)13-7-2-1-6-12(13)17(24)22-11-5-10-16-23-14-8-3-4-9-15(14)25-16/h1-4,6-9H,5,10-11H2,(H,22,24). The van der Waals surface area contributed by atoms with Gasteiger partial charge < -0.3 is 5.32 Å². The number of benzene rings is 2. The molecule has 0 radical (unpaired) electrons. The number of thiazole rings is 1. The molecule has 0 aliphatic heterocycles. The van der Waals surface area contributed by atoms with Gasteiger partial charge in [0.2, 0.25) is 0 Å². The molecular weight excluding hydrogens is 349 g/mol. The number of aryl methyl sites for hydroxylation is 1. The fraction of sp³-hybridized carbons (Fsp3) is 0.222. The summed E-state index contributed by atoms with van der Waals surface area (Å²) in [6.07, 6.45) is -3.27. The van der Waals surface area contributed by atoms with E-state index in [4.69, 9.17) is 0 Å². The van der Waals surface area contributed by atoms with Crippen molar-refractivity contribution in [2.24, 2.45) is 0 Å². The molecule has 0 bridgehead atoms. The molecule has 2 aromatic carbocycles. The normalized spacial score (nSPS) is 11.6. The molecule has 0 aliphatic carbocycles. The van der Waals surface area contributed by atoms with Gasteiger partial charge in [-0.1, -0.05) is 24.3 Å². The molecule has 130 valence electrons. The van der Waals surface area contributed by atoms with Gasteiger partial charge in [0.25, 0.3) is 5.91 Å². The summed E-state index contributed by atoms with van der Waals surface area (Å²) in [6, 6.07) is 12.6. The number of nitrogens with one attached hydrogen (secondary N) is 1. The van der Waals surface area contributed by atoms with Crippen LogP contribution in [0.2, 0.25) is 0 Å². The van der Waals surface area contributed by atoms with Gasteiger partial charge >= 0.3 is 6.18 Å². The van der Waals surface area contributed by atoms with Crippen molar-refractivity contribution < 1.29 is 18.0 Å². The summed E-state index contributed by atoms with van der Waals surface area (Å²) in [6.45, 7) is 0.293. The van der Waals surface area contributed by atoms with Crippen LogP contribution in [0.3, 0.4) is 0 Å². The molecule has 0 saturated carbocycles. The molecule has 0 fully saturated rings. The third-order valence-corrected chi connectivity index (χ3v) is 4.76. The summed E-state index contributed by atoms with van der Waals surface area (Å²) in [7, 11) is 0. The van der Waals surface area contributed by atoms with Gasteiger partial charge in [0.1, 0.15) is 0 Å². The molecule has 1 heterocycles. The van der Waals surface area contributed by atoms with Crippen LogP contribution in [0.4, 0.5) is 13.2 Å². The summed E-state index contributed by atoms with van der Waals surface area (Å²) in [4.78, 5) is 16.5. The van der Waals surface area contributed by atoms with E-state index in [1.807, 2.05) is 24.3 Å². The highest BCUT2D eigenvalue weighted by atomic mass is 32.1. The van der Waals surface area contributed by atoms with Crippen LogP contribution in [0.5, 0.6) is 0 Å². The topological polar surface area (TPSA) is 42.0 Å². The highest BCUT2D eigenvalue weighted by Crippen LogP contribution is 2.31. The first-order valence-electron chi connectivity index (χ1n) is 7.74. The van der Waals surface area contributed by atoms with Crippen LogP contribution in [0, 0.1) is 0 Å². The van der Waals surface area contributed by atoms with Crippen LogP contribution in [0.25, 0.3) is 10.2 Å². The van der Waals surface area contributed by atoms with Crippen molar-refractivity contribution in [1.29, 1.82) is 0 Å². The van der Waals surface area contributed by atoms with E-state index in [2.05, 4.69) is 10.3 Å². The van der Waals surface area contributed by atoms with Gasteiger partial charge in [-0.05, 0) is 30.7 Å². The molecule has 0 unspecified atom stereocenters. The van der Waals surface area contributed by atoms with Crippen molar-refractivity contribution in [2.75, 3.05) is 6.54 Å². The minimum Gasteiger partial charge on any atom is -0.352 e. The number of carbonyl (C=O) groups is 1. The molecule has 25 heavy (non-hydrogen) atoms. The smallest absolute Gasteiger partial charge is 0.352 e. The number of halogens is 3. The second kappa shape index (κ2) is 7.23. The van der Waals surface area contributed by atoms with Crippen molar-refractivity contribution in [3.05, 3.63) is 64.7 Å². The van der Waals surface area contributed by atoms with E-state index in [0.29, 0.717) is 19.4 Å². The first-order chi connectivity index (χ1) is 11.9. The van der Waals surface area contributed by atoms with Crippen molar-refractivity contribution in [1.82, 2.24) is 10.3 Å². The maximum atomic E-state index is 12.9. The molecule has 1 N–H and O–H groups in total. The van der Waals surface area contributed by atoms with E-state index in [9.17, 15) is 18.0 Å². The van der Waals surface area contributed by atoms with Gasteiger partial charge in [0, 0.05) is 13.0 Å². The van der Waals surface area contributed by atoms with Gasteiger partial charge in [-0.25, -0.2) is 4.98 Å². The van der Waals surface area contributed by atoms with Crippen LogP contribution in [0.1, 0.15) is 27.3 Å². The van der Waals surface area contributed by atoms with Crippen molar-refractivity contribution in [3.8, 4) is 0 Å². The SMILES string of the molecule is O=C(NCCCc1nc2ccccc2s1)c1ccccc1C(F)(F)F. The van der Waals surface area contributed by atoms with Gasteiger partial charge in [-0.15, -0.1) is 11.3 Å². The zero-order valence-corrected chi connectivity index (χ0v) is 14.0. The zero-order valence-electron chi connectivity index (χ0n) is 13.1. The Balaban J connectivity index is 1.56. The Morgan fingerprint density at radius 1 is 1.08 bits per heavy atom. The third-order valence-electron chi connectivity index (χ3n) is 3.67. The van der Waals surface area contributed by atoms with E-state index in [1.165, 1.54) is 18.2 Å². The molecule has 3 nitrogen and oxygen atoms in total. The summed E-state index contributed by atoms with van der Waals surface area (Å²) in [5, 5.41) is 3.50. The Labute approximate surface area is 146 Å². The molecule has 3 aromatic rings. The second-order valence-electron chi connectivity index (χ2n) is 5.48. The average Bonchev–Trinajstić information content (AvgIpc) is 3.00. The van der Waals surface area contributed by atoms with Crippen molar-refractivity contribution in [3.63, 3.8) is 0 Å². The van der Waals surface area contributed by atoms with E-state index in [-0.39, 0.29) is 5.56 Å². The van der Waals surface area contributed by atoms with Crippen LogP contribution in [-0.2, 0) is 12.6 Å². The summed E-state index contributed by atoms with van der Waals surface area (Å²) in [5.74, 6) is -0.711. The molecule has 3 rings (SSSR count). The van der Waals surface area contributed by atoms with Crippen LogP contribution in [-0.4, -0.2) is 17.4 Å². The lowest BCUT2D eigenvalue weighted by Crippen LogP contribution is -2.27. The number of nitrogens with zero attached hydrogens (tertiary/aromatic N) is 1. The number of para-hydroxylation sites is 1. The molecule has 0 aliphatic rings. The number of amides is 1. The maximum absolute atomic E-state index is 12.9. The monoisotopic (exact) mass is 364 g/mol. The van der Waals surface area contributed by atoms with Gasteiger partial charge in [-0.3, -0.25) is 4.79 Å². The van der Waals surface area contributed by atoms with Gasteiger partial charge in [0.15, 0.2) is 0 Å². The molecule has 0 atom stereocenters. The Hall–Kier alpha value is -2.41. The van der Waals surface area contributed by atoms with Crippen LogP contribution < -0.4 is 5.32 Å². The number of carbonyl (C=O) groups excluding carboxylic acids is 1. The number of aromatic nitrogens is 1. The quantitative estimate of drug-likeness (QED) is 0.668. The lowest BCUT2D eigenvalue weighted by Gasteiger charge is -2.12. The predicted molar refractivity (Wildman–Crippen MR) is 91.7 cm³/mol. The first-order valence-corrected chi connectivity index (χ1v) is 8.55. The minimum absolute atomic E-state index is 0.293. The van der Waals surface area contributed by atoms with Crippen molar-refractivity contribution >= 4 is 27.5 Å². The van der Waals surface area contributed by atoms with Crippen molar-refractivity contribution in [2.45, 2.75) is 19.0 Å². The molecular formula is C18H15F3N2OS. The lowest BCUT2D eigenvalue weighted by molar-refractivity contribution is -0.137. The van der Waals surface area contributed by atoms with Gasteiger partial charge in [0.05, 0.1) is 26.4 Å². The third kappa shape index (κ3) is 4.17. The van der Waals surface area contributed by atoms with E-state index < -0.39 is 17.6 Å². The lowest BCUT2D eigenvalue weighted by atomic mass is 10.1. The molecule has 1 aromatic heterocycles. The summed E-state index contributed by atoms with van der Waals surface area (Å²) >= 11 is 1.59. The largest absolute Gasteiger partial charge is 0.417 e.